The van der Waals surface area contributed by atoms with Gasteiger partial charge in [0.05, 0.1) is 12.3 Å². The van der Waals surface area contributed by atoms with Crippen LogP contribution in [0.1, 0.15) is 24.3 Å². The zero-order valence-corrected chi connectivity index (χ0v) is 12.7. The Bertz CT molecular complexity index is 496. The number of nitrogens with zero attached hydrogens (tertiary/aromatic N) is 1. The quantitative estimate of drug-likeness (QED) is 0.843. The maximum absolute atomic E-state index is 5.88. The first-order valence-electron chi connectivity index (χ1n) is 6.85. The Kier molecular flexibility index (Phi) is 5.65. The van der Waals surface area contributed by atoms with E-state index < -0.39 is 0 Å². The van der Waals surface area contributed by atoms with Gasteiger partial charge < -0.3 is 14.6 Å². The van der Waals surface area contributed by atoms with Crippen molar-refractivity contribution in [1.29, 1.82) is 0 Å². The number of furan rings is 1. The molecule has 0 amide bonds. The summed E-state index contributed by atoms with van der Waals surface area (Å²) < 4.78 is 5.37. The van der Waals surface area contributed by atoms with Gasteiger partial charge in [-0.25, -0.2) is 0 Å². The Morgan fingerprint density at radius 1 is 1.25 bits per heavy atom. The van der Waals surface area contributed by atoms with E-state index in [0.717, 1.165) is 30.4 Å². The lowest BCUT2D eigenvalue weighted by Gasteiger charge is -2.18. The first-order valence-corrected chi connectivity index (χ1v) is 7.22. The molecule has 108 valence electrons. The molecule has 0 radical (unpaired) electrons. The van der Waals surface area contributed by atoms with Gasteiger partial charge in [0.25, 0.3) is 0 Å². The lowest BCUT2D eigenvalue weighted by molar-refractivity contribution is 0.313. The van der Waals surface area contributed by atoms with E-state index in [2.05, 4.69) is 36.3 Å². The normalized spacial score (nSPS) is 12.8. The van der Waals surface area contributed by atoms with E-state index in [1.807, 2.05) is 24.3 Å². The van der Waals surface area contributed by atoms with Crippen molar-refractivity contribution in [3.05, 3.63) is 59.0 Å². The molecule has 0 aliphatic heterocycles. The van der Waals surface area contributed by atoms with Crippen LogP contribution in [0.3, 0.4) is 0 Å². The molecular formula is C16H21ClN2O. The van der Waals surface area contributed by atoms with Gasteiger partial charge in [0.1, 0.15) is 5.76 Å². The number of rotatable bonds is 7. The van der Waals surface area contributed by atoms with Gasteiger partial charge in [-0.3, -0.25) is 0 Å². The molecule has 1 unspecified atom stereocenters. The highest BCUT2D eigenvalue weighted by Crippen LogP contribution is 2.12. The van der Waals surface area contributed by atoms with Gasteiger partial charge in [0.15, 0.2) is 0 Å². The summed E-state index contributed by atoms with van der Waals surface area (Å²) >= 11 is 5.88. The Morgan fingerprint density at radius 3 is 2.65 bits per heavy atom. The van der Waals surface area contributed by atoms with E-state index in [-0.39, 0.29) is 6.04 Å². The summed E-state index contributed by atoms with van der Waals surface area (Å²) in [7, 11) is 2.12. The fraction of sp³-hybridized carbons (Fsp3) is 0.375. The predicted molar refractivity (Wildman–Crippen MR) is 82.9 cm³/mol. The summed E-state index contributed by atoms with van der Waals surface area (Å²) in [5, 5.41) is 4.24. The maximum Gasteiger partial charge on any atom is 0.120 e. The van der Waals surface area contributed by atoms with Crippen LogP contribution in [0.4, 0.5) is 0 Å². The monoisotopic (exact) mass is 292 g/mol. The van der Waals surface area contributed by atoms with Gasteiger partial charge >= 0.3 is 0 Å². The molecule has 20 heavy (non-hydrogen) atoms. The third-order valence-corrected chi connectivity index (χ3v) is 3.53. The van der Waals surface area contributed by atoms with Gasteiger partial charge in [-0.1, -0.05) is 23.7 Å². The molecule has 1 aromatic carbocycles. The largest absolute Gasteiger partial charge is 0.468 e. The first kappa shape index (κ1) is 15.1. The van der Waals surface area contributed by atoms with Crippen molar-refractivity contribution in [2.45, 2.75) is 19.5 Å². The van der Waals surface area contributed by atoms with Crippen LogP contribution in [-0.2, 0) is 6.54 Å². The molecule has 0 saturated carbocycles. The molecule has 0 bridgehead atoms. The molecule has 2 rings (SSSR count). The van der Waals surface area contributed by atoms with Crippen molar-refractivity contribution in [2.75, 3.05) is 20.1 Å². The standard InChI is InChI=1S/C16H21ClN2O/c1-13(16-4-3-11-20-16)18-9-10-19(2)12-14-5-7-15(17)8-6-14/h3-8,11,13,18H,9-10,12H2,1-2H3. The molecule has 0 aliphatic carbocycles. The average Bonchev–Trinajstić information content (AvgIpc) is 2.95. The summed E-state index contributed by atoms with van der Waals surface area (Å²) in [5.74, 6) is 0.977. The van der Waals surface area contributed by atoms with E-state index in [1.54, 1.807) is 6.26 Å². The van der Waals surface area contributed by atoms with Gasteiger partial charge in [0, 0.05) is 24.7 Å². The van der Waals surface area contributed by atoms with Gasteiger partial charge in [0.2, 0.25) is 0 Å². The number of benzene rings is 1. The minimum Gasteiger partial charge on any atom is -0.468 e. The van der Waals surface area contributed by atoms with Crippen LogP contribution in [0.2, 0.25) is 5.02 Å². The van der Waals surface area contributed by atoms with Crippen LogP contribution in [0, 0.1) is 0 Å². The summed E-state index contributed by atoms with van der Waals surface area (Å²) in [6.45, 7) is 4.94. The molecule has 1 heterocycles. The number of likely N-dealkylation sites (N-methyl/N-ethyl adjacent to an activating group) is 1. The van der Waals surface area contributed by atoms with E-state index >= 15 is 0 Å². The molecule has 0 fully saturated rings. The van der Waals surface area contributed by atoms with E-state index in [1.165, 1.54) is 5.56 Å². The zero-order chi connectivity index (χ0) is 14.4. The Labute approximate surface area is 125 Å². The smallest absolute Gasteiger partial charge is 0.120 e. The second-order valence-electron chi connectivity index (χ2n) is 5.06. The lowest BCUT2D eigenvalue weighted by atomic mass is 10.2. The van der Waals surface area contributed by atoms with Gasteiger partial charge in [-0.05, 0) is 43.8 Å². The van der Waals surface area contributed by atoms with Gasteiger partial charge in [-0.15, -0.1) is 0 Å². The molecule has 3 nitrogen and oxygen atoms in total. The third kappa shape index (κ3) is 4.67. The zero-order valence-electron chi connectivity index (χ0n) is 12.0. The summed E-state index contributed by atoms with van der Waals surface area (Å²) in [4.78, 5) is 2.28. The predicted octanol–water partition coefficient (Wildman–Crippen LogP) is 3.72. The van der Waals surface area contributed by atoms with Crippen LogP contribution in [-0.4, -0.2) is 25.0 Å². The second kappa shape index (κ2) is 7.48. The molecule has 0 aliphatic rings. The fourth-order valence-corrected chi connectivity index (χ4v) is 2.22. The highest BCUT2D eigenvalue weighted by molar-refractivity contribution is 6.30. The van der Waals surface area contributed by atoms with Crippen LogP contribution in [0.15, 0.2) is 47.1 Å². The molecular weight excluding hydrogens is 272 g/mol. The van der Waals surface area contributed by atoms with Crippen LogP contribution in [0.5, 0.6) is 0 Å². The maximum atomic E-state index is 5.88. The number of halogens is 1. The number of nitrogens with one attached hydrogen (secondary N) is 1. The van der Waals surface area contributed by atoms with E-state index in [9.17, 15) is 0 Å². The fourth-order valence-electron chi connectivity index (χ4n) is 2.09. The first-order chi connectivity index (χ1) is 9.65. The lowest BCUT2D eigenvalue weighted by Crippen LogP contribution is -2.30. The third-order valence-electron chi connectivity index (χ3n) is 3.28. The Morgan fingerprint density at radius 2 is 2.00 bits per heavy atom. The van der Waals surface area contributed by atoms with Crippen LogP contribution >= 0.6 is 11.6 Å². The van der Waals surface area contributed by atoms with Crippen molar-refractivity contribution >= 4 is 11.6 Å². The number of hydrogen-bond acceptors (Lipinski definition) is 3. The van der Waals surface area contributed by atoms with E-state index in [0.29, 0.717) is 0 Å². The summed E-state index contributed by atoms with van der Waals surface area (Å²) in [6.07, 6.45) is 1.71. The molecule has 2 aromatic rings. The van der Waals surface area contributed by atoms with E-state index in [4.69, 9.17) is 16.0 Å². The molecule has 4 heteroatoms. The average molecular weight is 293 g/mol. The summed E-state index contributed by atoms with van der Waals surface area (Å²) in [6, 6.07) is 12.2. The summed E-state index contributed by atoms with van der Waals surface area (Å²) in [5.41, 5.74) is 1.27. The minimum absolute atomic E-state index is 0.244. The van der Waals surface area contributed by atoms with Crippen molar-refractivity contribution < 1.29 is 4.42 Å². The van der Waals surface area contributed by atoms with Crippen molar-refractivity contribution in [3.63, 3.8) is 0 Å². The highest BCUT2D eigenvalue weighted by atomic mass is 35.5. The van der Waals surface area contributed by atoms with Crippen LogP contribution in [0.25, 0.3) is 0 Å². The molecule has 0 saturated heterocycles. The number of hydrogen-bond donors (Lipinski definition) is 1. The van der Waals surface area contributed by atoms with Crippen molar-refractivity contribution in [2.24, 2.45) is 0 Å². The molecule has 1 atom stereocenters. The second-order valence-corrected chi connectivity index (χ2v) is 5.49. The van der Waals surface area contributed by atoms with Crippen molar-refractivity contribution in [1.82, 2.24) is 10.2 Å². The van der Waals surface area contributed by atoms with Crippen molar-refractivity contribution in [3.8, 4) is 0 Å². The topological polar surface area (TPSA) is 28.4 Å². The molecule has 1 N–H and O–H groups in total. The Hall–Kier alpha value is -1.29. The SMILES string of the molecule is CC(NCCN(C)Cc1ccc(Cl)cc1)c1ccco1. The minimum atomic E-state index is 0.244. The molecule has 1 aromatic heterocycles. The molecule has 0 spiro atoms. The van der Waals surface area contributed by atoms with Crippen LogP contribution < -0.4 is 5.32 Å². The highest BCUT2D eigenvalue weighted by Gasteiger charge is 2.07. The van der Waals surface area contributed by atoms with Gasteiger partial charge in [-0.2, -0.15) is 0 Å². The Balaban J connectivity index is 1.70.